The number of hydrogen-bond donors (Lipinski definition) is 4. The molecule has 12 atom stereocenters. The minimum absolute atomic E-state index is 0.0643. The minimum atomic E-state index is -2.05. The summed E-state index contributed by atoms with van der Waals surface area (Å²) in [4.78, 5) is 17.2. The highest BCUT2D eigenvalue weighted by Crippen LogP contribution is 2.47. The van der Waals surface area contributed by atoms with Gasteiger partial charge in [0.1, 0.15) is 113 Å². The average Bonchev–Trinajstić information content (AvgIpc) is 1.59. The average molecular weight is 1990 g/mol. The lowest BCUT2D eigenvalue weighted by Crippen LogP contribution is -2.47. The summed E-state index contributed by atoms with van der Waals surface area (Å²) in [6.07, 6.45) is -4.20. The van der Waals surface area contributed by atoms with Crippen LogP contribution in [0.15, 0.2) is 182 Å². The summed E-state index contributed by atoms with van der Waals surface area (Å²) in [6.45, 7) is 39.8. The maximum absolute atomic E-state index is 10.6. The molecule has 0 bridgehead atoms. The third-order valence-corrected chi connectivity index (χ3v) is 40.0. The summed E-state index contributed by atoms with van der Waals surface area (Å²) in [5, 5.41) is 59.9. The third-order valence-electron chi connectivity index (χ3n) is 26.4. The van der Waals surface area contributed by atoms with Gasteiger partial charge in [-0.2, -0.15) is 15.8 Å². The number of H-pyrrole nitrogens is 1. The van der Waals surface area contributed by atoms with Crippen LogP contribution in [-0.4, -0.2) is 210 Å². The summed E-state index contributed by atoms with van der Waals surface area (Å²) < 4.78 is 84.8. The number of aromatic nitrogens is 6. The van der Waals surface area contributed by atoms with Gasteiger partial charge in [-0.15, -0.1) is 0 Å². The van der Waals surface area contributed by atoms with E-state index in [2.05, 4.69) is 172 Å². The third kappa shape index (κ3) is 22.9. The summed E-state index contributed by atoms with van der Waals surface area (Å²) in [7, 11) is -8.04. The molecule has 6 aromatic heterocycles. The first-order valence-corrected chi connectivity index (χ1v) is 60.7. The highest BCUT2D eigenvalue weighted by atomic mass is 35.5. The number of aliphatic hydroxyl groups is 1. The molecule has 6 aliphatic heterocycles. The van der Waals surface area contributed by atoms with Gasteiger partial charge >= 0.3 is 7.12 Å². The number of nitrogens with one attached hydrogen (secondary N) is 1. The Morgan fingerprint density at radius 3 is 1.16 bits per heavy atom. The second-order valence-corrected chi connectivity index (χ2v) is 62.8. The van der Waals surface area contributed by atoms with Crippen LogP contribution in [0.3, 0.4) is 0 Å². The Labute approximate surface area is 819 Å². The van der Waals surface area contributed by atoms with Gasteiger partial charge in [0, 0.05) is 40.5 Å². The maximum Gasteiger partial charge on any atom is 0.488 e. The molecule has 6 aromatic carbocycles. The summed E-state index contributed by atoms with van der Waals surface area (Å²) in [5.41, 5.74) is 14.3. The van der Waals surface area contributed by atoms with Gasteiger partial charge in [-0.25, -0.2) is 15.0 Å². The molecule has 136 heavy (non-hydrogen) atoms. The van der Waals surface area contributed by atoms with Crippen LogP contribution in [0, 0.1) is 34.0 Å². The van der Waals surface area contributed by atoms with E-state index in [0.717, 1.165) is 56.6 Å². The van der Waals surface area contributed by atoms with Crippen molar-refractivity contribution >= 4 is 125 Å². The molecule has 25 nitrogen and oxygen atoms in total. The Morgan fingerprint density at radius 1 is 0.419 bits per heavy atom. The number of ether oxygens (including phenoxy) is 11. The minimum Gasteiger partial charge on any atom is -0.469 e. The van der Waals surface area contributed by atoms with E-state index in [1.165, 1.54) is 0 Å². The number of aliphatic hydroxyl groups excluding tert-OH is 1. The van der Waals surface area contributed by atoms with E-state index < -0.39 is 70.4 Å². The lowest BCUT2D eigenvalue weighted by molar-refractivity contribution is 0.00789. The number of nitrogens with zero attached hydrogens (tertiary/aromatic N) is 8. The zero-order valence-corrected chi connectivity index (χ0v) is 86.6. The topological polar surface area (TPSA) is 316 Å². The number of hydrogen-bond acceptors (Lipinski definition) is 22. The molecule has 0 saturated carbocycles. The van der Waals surface area contributed by atoms with Crippen molar-refractivity contribution in [2.45, 2.75) is 216 Å². The molecular formula is C102H118BCl4N9O16Si4. The molecule has 6 saturated heterocycles. The van der Waals surface area contributed by atoms with Crippen molar-refractivity contribution < 1.29 is 76.1 Å². The predicted octanol–water partition coefficient (Wildman–Crippen LogP) is 21.0. The SMILES string of the molecule is CC(C)(C)[Si](C)(C)O[C@@H]1CO[C@H]2[C@@H]1OC[C@H]2Oc1c(C#N)c2nc(-c3ccc(-c4ccccc4)cc3)c(Cl)cc2n1COCC[Si](C)(C)C.CC(C)(C)[Si](C)(C)O[C@@H]1CO[C@H]2[C@@H]1OC[C@H]2Oc1c(C#N)c2nc(Cl)c(Cl)cc2n1COCC[Si](C)(C)C.N#Cc1c(O[C@@H]2CO[C@H]3[C@@H]2OC[C@H]3O)[nH]c2cc(Cl)c(-c3ccc(-c4ccccc4)cc3)nc12.OB(O)c1ccc(-c2ccccc2)cc1. The molecule has 0 unspecified atom stereocenters. The summed E-state index contributed by atoms with van der Waals surface area (Å²) >= 11 is 26.1. The van der Waals surface area contributed by atoms with Crippen LogP contribution in [-0.2, 0) is 60.2 Å². The van der Waals surface area contributed by atoms with Gasteiger partial charge in [0.25, 0.3) is 0 Å². The lowest BCUT2D eigenvalue weighted by Gasteiger charge is -2.39. The molecule has 0 radical (unpaired) electrons. The molecule has 0 spiro atoms. The van der Waals surface area contributed by atoms with Crippen molar-refractivity contribution in [1.82, 2.24) is 29.1 Å². The number of nitriles is 3. The molecule has 18 rings (SSSR count). The Morgan fingerprint density at radius 2 is 0.757 bits per heavy atom. The highest BCUT2D eigenvalue weighted by Gasteiger charge is 2.55. The standard InChI is InChI=1S/C38H48ClN3O5Si2.C26H39Cl2N3O5Si2.C26H20ClN3O4.C12H11BO2/c1-38(2,3)49(7,8)47-32-23-45-35-31(22-44-36(32)35)46-37-28(21-40)34-30(42(37)24-43-18-19-48(4,5)6)20-29(39)33(41-34)27-16-14-26(15-17-27)25-12-10-9-11-13-25;1-26(2,3)38(7,8)36-20-14-34-22-19(13-33-23(20)22)35-25-16(12-29)21-18(11-17(27)24(28)30-21)31(25)15-32-9-10-37(4,5)6;27-18-10-19-23(30-22(18)16-8-6-15(7-9-16)14-4-2-1-3-5-14)17(11-28)26(29-19)34-21-13-33-24-20(31)12-32-25(21)24;14-13(15)12-8-6-11(7-9-12)10-4-2-1-3-5-10/h9-17,20,31-32,35-36H,18-19,22-24H2,1-8H3;11,19-20,22-23H,9-10,13-15H2,1-8H3;1-10,20-21,24-25,29,31H,12-13H2;1-9,14-15H/t31-,32-,35-,36-;19-,20-,22-,23-;20-,21-,24-,25-;/m111./s1. The van der Waals surface area contributed by atoms with Crippen molar-refractivity contribution in [3.8, 4) is 91.7 Å². The van der Waals surface area contributed by atoms with Gasteiger partial charge in [-0.3, -0.25) is 9.13 Å². The summed E-state index contributed by atoms with van der Waals surface area (Å²) in [5.74, 6) is 1.03. The number of pyridine rings is 3. The highest BCUT2D eigenvalue weighted by molar-refractivity contribution is 6.76. The zero-order valence-electron chi connectivity index (χ0n) is 79.5. The molecule has 0 amide bonds. The number of halogens is 4. The predicted molar refractivity (Wildman–Crippen MR) is 543 cm³/mol. The van der Waals surface area contributed by atoms with Crippen LogP contribution >= 0.6 is 46.4 Å². The Bertz CT molecular complexity index is 6320. The first-order valence-electron chi connectivity index (χ1n) is 45.9. The van der Waals surface area contributed by atoms with Crippen LogP contribution < -0.4 is 19.7 Å². The van der Waals surface area contributed by atoms with Gasteiger partial charge in [0.15, 0.2) is 34.9 Å². The van der Waals surface area contributed by atoms with E-state index in [-0.39, 0.29) is 102 Å². The number of fused-ring (bicyclic) bond motifs is 6. The van der Waals surface area contributed by atoms with Crippen LogP contribution in [0.2, 0.25) is 108 Å². The zero-order chi connectivity index (χ0) is 97.1. The van der Waals surface area contributed by atoms with Crippen LogP contribution in [0.5, 0.6) is 17.6 Å². The number of aromatic amines is 1. The molecule has 34 heteroatoms. The first kappa shape index (κ1) is 101. The van der Waals surface area contributed by atoms with Gasteiger partial charge in [-0.05, 0) is 105 Å². The van der Waals surface area contributed by atoms with Crippen molar-refractivity contribution in [1.29, 1.82) is 15.8 Å². The molecular weight excluding hydrogens is 1870 g/mol. The van der Waals surface area contributed by atoms with Crippen LogP contribution in [0.25, 0.3) is 89.0 Å². The van der Waals surface area contributed by atoms with Crippen molar-refractivity contribution in [2.24, 2.45) is 0 Å². The fourth-order valence-electron chi connectivity index (χ4n) is 16.6. The Kier molecular flexibility index (Phi) is 31.6. The molecule has 6 fully saturated rings. The summed E-state index contributed by atoms with van der Waals surface area (Å²) in [6, 6.07) is 67.8. The van der Waals surface area contributed by atoms with E-state index in [1.54, 1.807) is 28.8 Å². The van der Waals surface area contributed by atoms with Crippen molar-refractivity contribution in [3.63, 3.8) is 0 Å². The Hall–Kier alpha value is -9.17. The maximum atomic E-state index is 10.6. The second-order valence-electron chi connectivity index (χ2n) is 40.5. The van der Waals surface area contributed by atoms with Crippen molar-refractivity contribution in [2.75, 3.05) is 52.9 Å². The van der Waals surface area contributed by atoms with Crippen molar-refractivity contribution in [3.05, 3.63) is 219 Å². The Balaban J connectivity index is 0.000000146. The molecule has 714 valence electrons. The van der Waals surface area contributed by atoms with Gasteiger partial charge in [0.05, 0.1) is 94.9 Å². The van der Waals surface area contributed by atoms with E-state index in [4.69, 9.17) is 127 Å². The molecule has 4 N–H and O–H groups in total. The lowest BCUT2D eigenvalue weighted by atomic mass is 9.80. The van der Waals surface area contributed by atoms with Gasteiger partial charge < -0.3 is 81.1 Å². The fourth-order valence-corrected chi connectivity index (χ4v) is 21.5. The quantitative estimate of drug-likeness (QED) is 0.0222. The van der Waals surface area contributed by atoms with Crippen LogP contribution in [0.1, 0.15) is 58.2 Å². The van der Waals surface area contributed by atoms with E-state index in [1.807, 2.05) is 126 Å². The second kappa shape index (κ2) is 42.5. The molecule has 12 heterocycles. The molecule has 12 aromatic rings. The fraction of sp³-hybridized carbons (Fsp3) is 0.412. The van der Waals surface area contributed by atoms with E-state index in [9.17, 15) is 20.9 Å². The molecule has 0 aliphatic carbocycles. The smallest absolute Gasteiger partial charge is 0.469 e. The van der Waals surface area contributed by atoms with Gasteiger partial charge in [0.2, 0.25) is 17.6 Å². The van der Waals surface area contributed by atoms with E-state index in [0.29, 0.717) is 122 Å². The van der Waals surface area contributed by atoms with E-state index >= 15 is 0 Å². The number of rotatable bonds is 26. The largest absolute Gasteiger partial charge is 0.488 e. The number of benzene rings is 6. The van der Waals surface area contributed by atoms with Gasteiger partial charge in [-0.1, -0.05) is 291 Å². The first-order chi connectivity index (χ1) is 64.7. The molecule has 6 aliphatic rings. The van der Waals surface area contributed by atoms with Crippen LogP contribution in [0.4, 0.5) is 0 Å². The normalized spacial score (nSPS) is 21.4. The monoisotopic (exact) mass is 1990 g/mol.